The van der Waals surface area contributed by atoms with Crippen molar-refractivity contribution in [2.45, 2.75) is 37.6 Å². The third kappa shape index (κ3) is 5.66. The Bertz CT molecular complexity index is 2340. The summed E-state index contributed by atoms with van der Waals surface area (Å²) in [6.07, 6.45) is 5.42. The molecule has 0 aliphatic carbocycles. The Hall–Kier alpha value is -5.96. The minimum atomic E-state index is -0.797. The van der Waals surface area contributed by atoms with E-state index in [1.807, 2.05) is 52.2 Å². The van der Waals surface area contributed by atoms with Crippen LogP contribution >= 0.6 is 0 Å². The summed E-state index contributed by atoms with van der Waals surface area (Å²) in [4.78, 5) is 40.8. The smallest absolute Gasteiger partial charge is 0.246 e. The fourth-order valence-electron chi connectivity index (χ4n) is 7.59. The summed E-state index contributed by atoms with van der Waals surface area (Å²) >= 11 is 0. The zero-order valence-corrected chi connectivity index (χ0v) is 28.0. The van der Waals surface area contributed by atoms with E-state index in [4.69, 9.17) is 9.84 Å². The Balaban J connectivity index is 1.12. The number of fused-ring (bicyclic) bond motifs is 8. The standard InChI is InChI=1S/C37H34F2N10O3/c38-23-8-9-31(29(39)15-23)49-35-27(17-44-49)34(42-21-43-35)48-19-25-16-32(48)37(51)47-13-11-40-18-33(47)36(50)41-10-3-12-46-20-28-26(6-2-7-30(28)45-46)22-4-1-5-24(14-22)52-25/h1-2,4-9,14-15,17,20-21,25,32-33,40H,3,10-13,16,18-19H2,(H,41,50)/t25-,32-,33-/m0/s1. The summed E-state index contributed by atoms with van der Waals surface area (Å²) in [6, 6.07) is 15.7. The van der Waals surface area contributed by atoms with Gasteiger partial charge in [-0.25, -0.2) is 23.4 Å². The number of benzene rings is 3. The predicted octanol–water partition coefficient (Wildman–Crippen LogP) is 3.46. The quantitative estimate of drug-likeness (QED) is 0.278. The molecule has 0 unspecified atom stereocenters. The van der Waals surface area contributed by atoms with Gasteiger partial charge in [-0.2, -0.15) is 10.2 Å². The van der Waals surface area contributed by atoms with Crippen molar-refractivity contribution in [1.82, 2.24) is 45.1 Å². The van der Waals surface area contributed by atoms with Gasteiger partial charge in [-0.15, -0.1) is 0 Å². The summed E-state index contributed by atoms with van der Waals surface area (Å²) in [5.41, 5.74) is 3.17. The molecule has 2 amide bonds. The van der Waals surface area contributed by atoms with Gasteiger partial charge in [0, 0.05) is 56.8 Å². The molecule has 3 aliphatic rings. The van der Waals surface area contributed by atoms with Gasteiger partial charge < -0.3 is 25.2 Å². The topological polar surface area (TPSA) is 135 Å². The third-order valence-corrected chi connectivity index (χ3v) is 10.0. The first kappa shape index (κ1) is 32.0. The Labute approximate surface area is 296 Å². The van der Waals surface area contributed by atoms with Crippen LogP contribution in [0.15, 0.2) is 79.4 Å². The number of hydrogen-bond donors (Lipinski definition) is 2. The zero-order chi connectivity index (χ0) is 35.3. The number of nitrogens with one attached hydrogen (secondary N) is 2. The van der Waals surface area contributed by atoms with E-state index in [0.717, 1.165) is 34.2 Å². The molecule has 2 saturated heterocycles. The zero-order valence-electron chi connectivity index (χ0n) is 28.0. The molecule has 6 aromatic rings. The van der Waals surface area contributed by atoms with E-state index in [-0.39, 0.29) is 29.7 Å². The molecule has 3 atom stereocenters. The molecule has 52 heavy (non-hydrogen) atoms. The Morgan fingerprint density at radius 3 is 2.71 bits per heavy atom. The minimum Gasteiger partial charge on any atom is -0.488 e. The van der Waals surface area contributed by atoms with Gasteiger partial charge in [0.15, 0.2) is 11.5 Å². The largest absolute Gasteiger partial charge is 0.488 e. The third-order valence-electron chi connectivity index (χ3n) is 10.0. The SMILES string of the molecule is O=C1NCCCn2cc3c(cccc3n2)-c2cccc(c2)O[C@H]2C[C@@H](C(=O)N3CCNC[C@@H]13)N(c1ncnc3c1cnn3-c1ccc(F)cc1F)C2. The van der Waals surface area contributed by atoms with E-state index in [0.29, 0.717) is 62.5 Å². The molecular formula is C37H34F2N10O3. The maximum Gasteiger partial charge on any atom is 0.246 e. The number of amides is 2. The Morgan fingerprint density at radius 1 is 0.904 bits per heavy atom. The normalized spacial score (nSPS) is 21.1. The van der Waals surface area contributed by atoms with Gasteiger partial charge in [0.05, 0.1) is 23.6 Å². The number of rotatable bonds is 2. The molecule has 0 radical (unpaired) electrons. The van der Waals surface area contributed by atoms with E-state index in [1.54, 1.807) is 4.90 Å². The molecule has 3 aromatic carbocycles. The molecule has 3 aromatic heterocycles. The average Bonchev–Trinajstić information content (AvgIpc) is 3.90. The number of aryl methyl sites for hydroxylation is 1. The van der Waals surface area contributed by atoms with Crippen molar-refractivity contribution in [2.24, 2.45) is 0 Å². The van der Waals surface area contributed by atoms with Crippen molar-refractivity contribution in [3.8, 4) is 22.6 Å². The van der Waals surface area contributed by atoms with Crippen LogP contribution < -0.4 is 20.3 Å². The van der Waals surface area contributed by atoms with Crippen LogP contribution in [0.5, 0.6) is 5.75 Å². The number of ether oxygens (including phenoxy) is 1. The van der Waals surface area contributed by atoms with Crippen LogP contribution in [-0.2, 0) is 16.1 Å². The lowest BCUT2D eigenvalue weighted by molar-refractivity contribution is -0.142. The van der Waals surface area contributed by atoms with Crippen LogP contribution in [-0.4, -0.2) is 97.2 Å². The van der Waals surface area contributed by atoms with Gasteiger partial charge >= 0.3 is 0 Å². The van der Waals surface area contributed by atoms with Crippen LogP contribution in [0.3, 0.4) is 0 Å². The molecule has 6 bridgehead atoms. The monoisotopic (exact) mass is 704 g/mol. The highest BCUT2D eigenvalue weighted by atomic mass is 19.1. The second kappa shape index (κ2) is 13.0. The van der Waals surface area contributed by atoms with E-state index in [2.05, 4.69) is 31.8 Å². The number of halogens is 2. The van der Waals surface area contributed by atoms with Gasteiger partial charge in [-0.1, -0.05) is 24.3 Å². The molecule has 15 heteroatoms. The molecular weight excluding hydrogens is 670 g/mol. The van der Waals surface area contributed by atoms with Crippen molar-refractivity contribution in [1.29, 1.82) is 0 Å². The Kier molecular flexibility index (Phi) is 7.98. The van der Waals surface area contributed by atoms with Crippen molar-refractivity contribution in [3.63, 3.8) is 0 Å². The van der Waals surface area contributed by atoms with Gasteiger partial charge in [0.2, 0.25) is 11.8 Å². The number of carbonyl (C=O) groups is 2. The first-order valence-electron chi connectivity index (χ1n) is 17.3. The fraction of sp³-hybridized carbons (Fsp3) is 0.297. The van der Waals surface area contributed by atoms with Gasteiger partial charge in [0.25, 0.3) is 0 Å². The molecule has 9 rings (SSSR count). The molecule has 0 saturated carbocycles. The molecule has 3 aliphatic heterocycles. The molecule has 2 fully saturated rings. The van der Waals surface area contributed by atoms with Crippen LogP contribution in [0.25, 0.3) is 38.8 Å². The molecule has 0 spiro atoms. The van der Waals surface area contributed by atoms with Crippen LogP contribution in [0, 0.1) is 11.6 Å². The van der Waals surface area contributed by atoms with Crippen molar-refractivity contribution < 1.29 is 23.1 Å². The number of nitrogens with zero attached hydrogens (tertiary/aromatic N) is 8. The number of carbonyl (C=O) groups excluding carboxylic acids is 2. The number of aromatic nitrogens is 6. The first-order chi connectivity index (χ1) is 25.4. The number of piperazine rings is 1. The van der Waals surface area contributed by atoms with E-state index >= 15 is 0 Å². The summed E-state index contributed by atoms with van der Waals surface area (Å²) in [5.74, 6) is -0.900. The highest BCUT2D eigenvalue weighted by molar-refractivity contribution is 5.96. The number of hydrogen-bond acceptors (Lipinski definition) is 9. The lowest BCUT2D eigenvalue weighted by Crippen LogP contribution is -2.62. The average molecular weight is 705 g/mol. The van der Waals surface area contributed by atoms with Gasteiger partial charge in [-0.3, -0.25) is 14.3 Å². The second-order valence-electron chi connectivity index (χ2n) is 13.3. The fourth-order valence-corrected chi connectivity index (χ4v) is 7.59. The highest BCUT2D eigenvalue weighted by Crippen LogP contribution is 2.35. The van der Waals surface area contributed by atoms with Crippen LogP contribution in [0.2, 0.25) is 0 Å². The van der Waals surface area contributed by atoms with Gasteiger partial charge in [0.1, 0.15) is 47.6 Å². The lowest BCUT2D eigenvalue weighted by Gasteiger charge is -2.38. The van der Waals surface area contributed by atoms with Crippen molar-refractivity contribution in [3.05, 3.63) is 91.0 Å². The highest BCUT2D eigenvalue weighted by Gasteiger charge is 2.44. The Morgan fingerprint density at radius 2 is 1.81 bits per heavy atom. The van der Waals surface area contributed by atoms with E-state index in [9.17, 15) is 18.4 Å². The summed E-state index contributed by atoms with van der Waals surface area (Å²) in [5, 5.41) is 17.0. The summed E-state index contributed by atoms with van der Waals surface area (Å²) < 4.78 is 38.5. The van der Waals surface area contributed by atoms with E-state index in [1.165, 1.54) is 23.3 Å². The first-order valence-corrected chi connectivity index (χ1v) is 17.3. The molecule has 13 nitrogen and oxygen atoms in total. The number of anilines is 1. The summed E-state index contributed by atoms with van der Waals surface area (Å²) in [6.45, 7) is 2.52. The maximum absolute atomic E-state index is 14.9. The molecule has 264 valence electrons. The van der Waals surface area contributed by atoms with E-state index < -0.39 is 29.8 Å². The summed E-state index contributed by atoms with van der Waals surface area (Å²) in [7, 11) is 0. The van der Waals surface area contributed by atoms with Crippen molar-refractivity contribution >= 4 is 39.6 Å². The minimum absolute atomic E-state index is 0.0218. The lowest BCUT2D eigenvalue weighted by atomic mass is 10.0. The van der Waals surface area contributed by atoms with Crippen LogP contribution in [0.4, 0.5) is 14.6 Å². The second-order valence-corrected chi connectivity index (χ2v) is 13.3. The molecule has 2 N–H and O–H groups in total. The van der Waals surface area contributed by atoms with Crippen molar-refractivity contribution in [2.75, 3.05) is 37.6 Å². The maximum atomic E-state index is 14.9. The van der Waals surface area contributed by atoms with Crippen LogP contribution in [0.1, 0.15) is 12.8 Å². The van der Waals surface area contributed by atoms with Gasteiger partial charge in [-0.05, 0) is 47.9 Å². The predicted molar refractivity (Wildman–Crippen MR) is 188 cm³/mol. The molecule has 6 heterocycles.